The summed E-state index contributed by atoms with van der Waals surface area (Å²) in [5.74, 6) is 0. The van der Waals surface area contributed by atoms with Crippen LogP contribution in [0.3, 0.4) is 0 Å². The summed E-state index contributed by atoms with van der Waals surface area (Å²) in [4.78, 5) is 25.6. The van der Waals surface area contributed by atoms with Crippen molar-refractivity contribution in [1.29, 1.82) is 5.26 Å². The Hall–Kier alpha value is 0.676. The van der Waals surface area contributed by atoms with Crippen LogP contribution in [0.25, 0.3) is 0 Å². The summed E-state index contributed by atoms with van der Waals surface area (Å²) in [5, 5.41) is 8.57. The van der Waals surface area contributed by atoms with Crippen LogP contribution in [0, 0.1) is 10.7 Å². The van der Waals surface area contributed by atoms with Gasteiger partial charge in [-0.05, 0) is 0 Å². The minimum absolute atomic E-state index is 0. The Balaban J connectivity index is -0.0000000910. The standard InChI is InChI=1S/CHNOS.Mg.H3O4P/c2-1-4-3;;1-5(2,3)4/h3H;;(H3,1,2,3,4)/q;+2;/p-4. The van der Waals surface area contributed by atoms with E-state index in [9.17, 15) is 0 Å². The summed E-state index contributed by atoms with van der Waals surface area (Å²) in [6.07, 6.45) is 0. The summed E-state index contributed by atoms with van der Waals surface area (Å²) in [6, 6.07) is 0. The number of nitrogens with zero attached hydrogens (tertiary/aromatic N) is 1. The van der Waals surface area contributed by atoms with E-state index in [1.54, 1.807) is 0 Å². The molecule has 6 nitrogen and oxygen atoms in total. The van der Waals surface area contributed by atoms with Crippen LogP contribution in [0.2, 0.25) is 0 Å². The SMILES string of the molecule is N#CS[O-].O=P([O-])([O-])[O-].[Mg+2]. The third-order valence-corrected chi connectivity index (χ3v) is 0.112. The molecule has 0 unspecified atom stereocenters. The predicted molar refractivity (Wildman–Crippen MR) is 27.3 cm³/mol. The Bertz CT molecular complexity index is 131. The molecule has 0 aromatic heterocycles. The summed E-state index contributed by atoms with van der Waals surface area (Å²) in [7, 11) is -5.39. The van der Waals surface area contributed by atoms with Crippen LogP contribution in [0.15, 0.2) is 0 Å². The van der Waals surface area contributed by atoms with Gasteiger partial charge in [0.2, 0.25) is 0 Å². The van der Waals surface area contributed by atoms with Gasteiger partial charge in [0.15, 0.2) is 0 Å². The molecule has 0 bridgehead atoms. The van der Waals surface area contributed by atoms with Crippen molar-refractivity contribution >= 4 is 42.9 Å². The van der Waals surface area contributed by atoms with Crippen molar-refractivity contribution in [1.82, 2.24) is 0 Å². The molecule has 0 fully saturated rings. The summed E-state index contributed by atoms with van der Waals surface area (Å²) in [6.45, 7) is 0. The van der Waals surface area contributed by atoms with Crippen molar-refractivity contribution in [2.24, 2.45) is 0 Å². The number of hydrogen-bond donors (Lipinski definition) is 0. The molecule has 0 aromatic rings. The zero-order chi connectivity index (χ0) is 7.91. The van der Waals surface area contributed by atoms with E-state index < -0.39 is 7.82 Å². The fourth-order valence-corrected chi connectivity index (χ4v) is 0. The van der Waals surface area contributed by atoms with Crippen LogP contribution in [-0.2, 0) is 4.57 Å². The van der Waals surface area contributed by atoms with Gasteiger partial charge in [0, 0.05) is 0 Å². The average molecular weight is 193 g/mol. The second-order valence-corrected chi connectivity index (χ2v) is 1.87. The predicted octanol–water partition coefficient (Wildman–Crippen LogP) is -2.87. The van der Waals surface area contributed by atoms with Crippen molar-refractivity contribution < 1.29 is 23.8 Å². The van der Waals surface area contributed by atoms with Crippen LogP contribution < -0.4 is 14.7 Å². The smallest absolute Gasteiger partial charge is 0.822 e. The van der Waals surface area contributed by atoms with Crippen LogP contribution in [0.5, 0.6) is 0 Å². The molecule has 0 atom stereocenters. The molecule has 0 radical (unpaired) electrons. The van der Waals surface area contributed by atoms with Gasteiger partial charge >= 0.3 is 23.1 Å². The zero-order valence-corrected chi connectivity index (χ0v) is 7.68. The molecule has 0 aliphatic heterocycles. The molecular formula is CMgNO5PS-2. The Morgan fingerprint density at radius 3 is 1.50 bits per heavy atom. The number of thiocyanates is 1. The normalized spacial score (nSPS) is 7.90. The average Bonchev–Trinajstić information content (AvgIpc) is 1.61. The fraction of sp³-hybridized carbons (Fsp3) is 0. The van der Waals surface area contributed by atoms with Crippen molar-refractivity contribution in [2.75, 3.05) is 0 Å². The Morgan fingerprint density at radius 1 is 1.40 bits per heavy atom. The van der Waals surface area contributed by atoms with E-state index in [0.717, 1.165) is 0 Å². The third kappa shape index (κ3) is 182. The fourth-order valence-electron chi connectivity index (χ4n) is 0. The van der Waals surface area contributed by atoms with Crippen LogP contribution in [0.4, 0.5) is 0 Å². The quantitative estimate of drug-likeness (QED) is 0.175. The van der Waals surface area contributed by atoms with E-state index in [0.29, 0.717) is 0 Å². The zero-order valence-electron chi connectivity index (χ0n) is 4.55. The Kier molecular flexibility index (Phi) is 16.4. The molecule has 0 rings (SSSR count). The first-order valence-corrected chi connectivity index (χ1v) is 3.53. The molecular weight excluding hydrogens is 193 g/mol. The van der Waals surface area contributed by atoms with Gasteiger partial charge in [-0.25, -0.2) is 0 Å². The van der Waals surface area contributed by atoms with E-state index in [-0.39, 0.29) is 35.1 Å². The third-order valence-electron chi connectivity index (χ3n) is 0.0373. The minimum Gasteiger partial charge on any atom is -0.822 e. The van der Waals surface area contributed by atoms with Gasteiger partial charge < -0.3 is 23.8 Å². The first-order valence-electron chi connectivity index (χ1n) is 1.32. The van der Waals surface area contributed by atoms with E-state index in [2.05, 4.69) is 0 Å². The minimum atomic E-state index is -5.39. The summed E-state index contributed by atoms with van der Waals surface area (Å²) >= 11 is -0.0880. The molecule has 10 heavy (non-hydrogen) atoms. The molecule has 0 saturated carbocycles. The maximum Gasteiger partial charge on any atom is 2.00 e. The maximum absolute atomic E-state index is 8.85. The van der Waals surface area contributed by atoms with Gasteiger partial charge in [-0.15, -0.1) is 12.0 Å². The monoisotopic (exact) mass is 193 g/mol. The number of rotatable bonds is 0. The summed E-state index contributed by atoms with van der Waals surface area (Å²) < 4.78 is 17.4. The number of hydrogen-bond acceptors (Lipinski definition) is 7. The first-order chi connectivity index (χ1) is 3.91. The Labute approximate surface area is 77.5 Å². The number of phosphoric acid groups is 1. The molecule has 9 heteroatoms. The molecule has 0 aromatic carbocycles. The molecule has 0 spiro atoms. The topological polar surface area (TPSA) is 133 Å². The van der Waals surface area contributed by atoms with Crippen molar-refractivity contribution in [3.8, 4) is 5.40 Å². The molecule has 0 N–H and O–H groups in total. The van der Waals surface area contributed by atoms with Crippen LogP contribution in [0.1, 0.15) is 0 Å². The Morgan fingerprint density at radius 2 is 1.50 bits per heavy atom. The van der Waals surface area contributed by atoms with Gasteiger partial charge in [0.1, 0.15) is 5.40 Å². The molecule has 0 amide bonds. The van der Waals surface area contributed by atoms with Crippen LogP contribution in [-0.4, -0.2) is 27.6 Å². The second kappa shape index (κ2) is 9.68. The van der Waals surface area contributed by atoms with E-state index in [1.807, 2.05) is 0 Å². The molecule has 54 valence electrons. The molecule has 0 aliphatic rings. The second-order valence-electron chi connectivity index (χ2n) is 0.622. The first kappa shape index (κ1) is 17.0. The van der Waals surface area contributed by atoms with E-state index >= 15 is 0 Å². The maximum atomic E-state index is 8.85. The van der Waals surface area contributed by atoms with E-state index in [4.69, 9.17) is 29.1 Å². The largest absolute Gasteiger partial charge is 2.00 e. The molecule has 0 saturated heterocycles. The van der Waals surface area contributed by atoms with E-state index in [1.165, 1.54) is 5.40 Å². The summed E-state index contributed by atoms with van der Waals surface area (Å²) in [5.41, 5.74) is 0. The number of nitriles is 1. The molecule has 0 aliphatic carbocycles. The van der Waals surface area contributed by atoms with Gasteiger partial charge in [-0.2, -0.15) is 13.1 Å². The van der Waals surface area contributed by atoms with Gasteiger partial charge in [-0.3, -0.25) is 0 Å². The van der Waals surface area contributed by atoms with Gasteiger partial charge in [-0.1, -0.05) is 0 Å². The van der Waals surface area contributed by atoms with Crippen molar-refractivity contribution in [3.05, 3.63) is 0 Å². The van der Waals surface area contributed by atoms with Crippen LogP contribution >= 0.6 is 19.9 Å². The molecule has 0 heterocycles. The van der Waals surface area contributed by atoms with Crippen molar-refractivity contribution in [2.45, 2.75) is 0 Å². The van der Waals surface area contributed by atoms with Gasteiger partial charge in [0.25, 0.3) is 0 Å². The van der Waals surface area contributed by atoms with Crippen molar-refractivity contribution in [3.63, 3.8) is 0 Å². The van der Waals surface area contributed by atoms with Gasteiger partial charge in [0.05, 0.1) is 0 Å².